The van der Waals surface area contributed by atoms with Crippen molar-refractivity contribution >= 4 is 45.7 Å². The quantitative estimate of drug-likeness (QED) is 0.190. The molecule has 2 unspecified atom stereocenters. The number of anilines is 1. The molecule has 40 heavy (non-hydrogen) atoms. The molecule has 0 spiro atoms. The molecule has 11 heteroatoms. The van der Waals surface area contributed by atoms with Crippen LogP contribution < -0.4 is 9.64 Å². The zero-order chi connectivity index (χ0) is 30.6. The lowest BCUT2D eigenvalue weighted by molar-refractivity contribution is -0.161. The molecule has 1 aromatic rings. The van der Waals surface area contributed by atoms with Gasteiger partial charge < -0.3 is 23.7 Å². The van der Waals surface area contributed by atoms with Gasteiger partial charge in [0.15, 0.2) is 0 Å². The highest BCUT2D eigenvalue weighted by atomic mass is 79.9. The third-order valence-corrected chi connectivity index (χ3v) is 5.91. The normalized spacial score (nSPS) is 17.2. The lowest BCUT2D eigenvalue weighted by Crippen LogP contribution is -2.44. The van der Waals surface area contributed by atoms with Crippen molar-refractivity contribution in [2.45, 2.75) is 85.5 Å². The number of rotatable bonds is 6. The number of amides is 2. The van der Waals surface area contributed by atoms with Gasteiger partial charge in [-0.25, -0.2) is 14.4 Å². The van der Waals surface area contributed by atoms with E-state index in [-0.39, 0.29) is 35.5 Å². The molecule has 0 aromatic heterocycles. The molecule has 0 saturated carbocycles. The van der Waals surface area contributed by atoms with Crippen LogP contribution in [-0.2, 0) is 23.7 Å². The Morgan fingerprint density at radius 1 is 0.875 bits per heavy atom. The van der Waals surface area contributed by atoms with Crippen molar-refractivity contribution in [3.63, 3.8) is 0 Å². The third kappa shape index (κ3) is 9.25. The number of methoxy groups -OCH3 is 1. The van der Waals surface area contributed by atoms with E-state index < -0.39 is 40.9 Å². The maximum atomic E-state index is 13.3. The van der Waals surface area contributed by atoms with E-state index in [2.05, 4.69) is 15.9 Å². The minimum absolute atomic E-state index is 0.00529. The molecule has 0 fully saturated rings. The zero-order valence-corrected chi connectivity index (χ0v) is 26.5. The van der Waals surface area contributed by atoms with Gasteiger partial charge in [-0.15, -0.1) is 0 Å². The Kier molecular flexibility index (Phi) is 10.4. The summed E-state index contributed by atoms with van der Waals surface area (Å²) in [6, 6.07) is 2.91. The first-order chi connectivity index (χ1) is 18.2. The Morgan fingerprint density at radius 2 is 1.40 bits per heavy atom. The number of allylic oxidation sites excluding steroid dienone is 1. The molecule has 10 nitrogen and oxygen atoms in total. The van der Waals surface area contributed by atoms with Gasteiger partial charge in [0.1, 0.15) is 28.1 Å². The van der Waals surface area contributed by atoms with Gasteiger partial charge in [0.05, 0.1) is 29.8 Å². The van der Waals surface area contributed by atoms with E-state index in [0.29, 0.717) is 15.8 Å². The zero-order valence-electron chi connectivity index (χ0n) is 24.9. The molecule has 1 aliphatic rings. The molecular formula is C29H40BrNO9. The minimum atomic E-state index is -1.05. The average molecular weight is 627 g/mol. The fourth-order valence-corrected chi connectivity index (χ4v) is 4.21. The van der Waals surface area contributed by atoms with Crippen LogP contribution >= 0.6 is 15.9 Å². The molecular weight excluding hydrogens is 586 g/mol. The Bertz CT molecular complexity index is 1130. The van der Waals surface area contributed by atoms with E-state index in [9.17, 15) is 19.2 Å². The first-order valence-corrected chi connectivity index (χ1v) is 13.7. The summed E-state index contributed by atoms with van der Waals surface area (Å²) in [5.74, 6) is -2.02. The Balaban J connectivity index is 2.55. The fraction of sp³-hybridized carbons (Fsp3) is 0.586. The van der Waals surface area contributed by atoms with E-state index in [1.54, 1.807) is 62.3 Å². The average Bonchev–Trinajstić information content (AvgIpc) is 3.24. The molecule has 0 heterocycles. The number of ether oxygens (including phenoxy) is 5. The summed E-state index contributed by atoms with van der Waals surface area (Å²) in [5, 5.41) is 0. The number of esters is 2. The van der Waals surface area contributed by atoms with Crippen LogP contribution in [0.15, 0.2) is 28.8 Å². The van der Waals surface area contributed by atoms with Crippen LogP contribution in [0.5, 0.6) is 5.75 Å². The highest BCUT2D eigenvalue weighted by molar-refractivity contribution is 9.10. The first-order valence-electron chi connectivity index (χ1n) is 12.9. The van der Waals surface area contributed by atoms with Crippen LogP contribution in [0, 0.1) is 11.8 Å². The van der Waals surface area contributed by atoms with Crippen LogP contribution in [0.25, 0.3) is 0 Å². The van der Waals surface area contributed by atoms with Crippen LogP contribution in [0.1, 0.15) is 79.1 Å². The summed E-state index contributed by atoms with van der Waals surface area (Å²) >= 11 is 3.40. The van der Waals surface area contributed by atoms with E-state index in [0.717, 1.165) is 0 Å². The summed E-state index contributed by atoms with van der Waals surface area (Å²) in [5.41, 5.74) is -2.91. The number of hydrogen-bond donors (Lipinski definition) is 0. The van der Waals surface area contributed by atoms with Crippen LogP contribution in [0.4, 0.5) is 15.3 Å². The number of carbonyl (C=O) groups is 4. The highest BCUT2D eigenvalue weighted by Gasteiger charge is 2.38. The number of carbonyl (C=O) groups excluding carboxylic acids is 4. The largest absolute Gasteiger partial charge is 0.491 e. The summed E-state index contributed by atoms with van der Waals surface area (Å²) < 4.78 is 28.0. The van der Waals surface area contributed by atoms with Crippen LogP contribution in [0.2, 0.25) is 0 Å². The maximum Gasteiger partial charge on any atom is 0.424 e. The van der Waals surface area contributed by atoms with E-state index in [1.807, 2.05) is 12.2 Å². The van der Waals surface area contributed by atoms with Gasteiger partial charge >= 0.3 is 24.1 Å². The Hall–Kier alpha value is -3.08. The maximum absolute atomic E-state index is 13.3. The van der Waals surface area contributed by atoms with Crippen molar-refractivity contribution in [1.82, 2.24) is 0 Å². The SMILES string of the molecule is COC(=O)c1c(N(C(=O)OC(C)(C)C)C(=O)OC(C)(C)C)ccc(Br)c1OCC1C=CCC1C(=O)OC(C)(C)C. The van der Waals surface area contributed by atoms with Crippen molar-refractivity contribution in [1.29, 1.82) is 0 Å². The molecule has 0 bridgehead atoms. The van der Waals surface area contributed by atoms with E-state index in [4.69, 9.17) is 23.7 Å². The lowest BCUT2D eigenvalue weighted by atomic mass is 9.96. The second kappa shape index (κ2) is 12.6. The van der Waals surface area contributed by atoms with Crippen molar-refractivity contribution in [2.75, 3.05) is 18.6 Å². The van der Waals surface area contributed by atoms with Gasteiger partial charge in [-0.2, -0.15) is 4.90 Å². The van der Waals surface area contributed by atoms with Crippen molar-refractivity contribution in [3.05, 3.63) is 34.3 Å². The highest BCUT2D eigenvalue weighted by Crippen LogP contribution is 2.39. The Morgan fingerprint density at radius 3 is 1.88 bits per heavy atom. The molecule has 2 rings (SSSR count). The predicted molar refractivity (Wildman–Crippen MR) is 153 cm³/mol. The number of hydrogen-bond acceptors (Lipinski definition) is 9. The molecule has 0 radical (unpaired) electrons. The van der Waals surface area contributed by atoms with Gasteiger partial charge in [0.2, 0.25) is 0 Å². The summed E-state index contributed by atoms with van der Waals surface area (Å²) in [4.78, 5) is 53.1. The number of halogens is 1. The van der Waals surface area contributed by atoms with E-state index >= 15 is 0 Å². The van der Waals surface area contributed by atoms with Gasteiger partial charge in [-0.05, 0) is 96.8 Å². The number of nitrogens with zero attached hydrogens (tertiary/aromatic N) is 1. The second-order valence-corrected chi connectivity index (χ2v) is 13.2. The number of benzene rings is 1. The van der Waals surface area contributed by atoms with Gasteiger partial charge in [0, 0.05) is 5.92 Å². The third-order valence-electron chi connectivity index (χ3n) is 5.29. The standard InChI is InChI=1S/C29H40BrNO9/c1-27(2,3)38-23(32)18-13-11-12-17(18)16-37-22-19(30)14-15-20(21(22)24(33)36-10)31(25(34)39-28(4,5)6)26(35)40-29(7,8)9/h11-12,14-15,17-18H,13,16H2,1-10H3. The lowest BCUT2D eigenvalue weighted by Gasteiger charge is -2.30. The molecule has 1 aromatic carbocycles. The molecule has 0 N–H and O–H groups in total. The van der Waals surface area contributed by atoms with Crippen LogP contribution in [0.3, 0.4) is 0 Å². The van der Waals surface area contributed by atoms with Crippen molar-refractivity contribution in [3.8, 4) is 5.75 Å². The van der Waals surface area contributed by atoms with Crippen molar-refractivity contribution in [2.24, 2.45) is 11.8 Å². The van der Waals surface area contributed by atoms with Gasteiger partial charge in [-0.3, -0.25) is 4.79 Å². The second-order valence-electron chi connectivity index (χ2n) is 12.3. The van der Waals surface area contributed by atoms with Crippen LogP contribution in [-0.4, -0.2) is 54.6 Å². The summed E-state index contributed by atoms with van der Waals surface area (Å²) in [6.07, 6.45) is 2.12. The van der Waals surface area contributed by atoms with E-state index in [1.165, 1.54) is 19.2 Å². The minimum Gasteiger partial charge on any atom is -0.491 e. The monoisotopic (exact) mass is 625 g/mol. The molecule has 0 aliphatic heterocycles. The van der Waals surface area contributed by atoms with Gasteiger partial charge in [-0.1, -0.05) is 12.2 Å². The van der Waals surface area contributed by atoms with Gasteiger partial charge in [0.25, 0.3) is 0 Å². The van der Waals surface area contributed by atoms with Crippen molar-refractivity contribution < 1.29 is 42.9 Å². The molecule has 2 amide bonds. The molecule has 1 aliphatic carbocycles. The first kappa shape index (κ1) is 33.1. The predicted octanol–water partition coefficient (Wildman–Crippen LogP) is 6.83. The molecule has 0 saturated heterocycles. The summed E-state index contributed by atoms with van der Waals surface area (Å²) in [7, 11) is 1.17. The summed E-state index contributed by atoms with van der Waals surface area (Å²) in [6.45, 7) is 15.3. The Labute approximate surface area is 244 Å². The smallest absolute Gasteiger partial charge is 0.424 e. The topological polar surface area (TPSA) is 118 Å². The molecule has 222 valence electrons. The molecule has 2 atom stereocenters. The fourth-order valence-electron chi connectivity index (χ4n) is 3.77. The number of imide groups is 1.